The molecule has 166 valence electrons. The second-order valence-corrected chi connectivity index (χ2v) is 8.29. The predicted octanol–water partition coefficient (Wildman–Crippen LogP) is 4.94. The van der Waals surface area contributed by atoms with Crippen LogP contribution in [0.15, 0.2) is 75.9 Å². The van der Waals surface area contributed by atoms with Gasteiger partial charge < -0.3 is 14.0 Å². The van der Waals surface area contributed by atoms with Crippen molar-refractivity contribution < 1.29 is 14.0 Å². The molecule has 0 aliphatic rings. The molecule has 0 radical (unpaired) electrons. The van der Waals surface area contributed by atoms with Gasteiger partial charge in [0, 0.05) is 30.1 Å². The number of benzene rings is 2. The highest BCUT2D eigenvalue weighted by molar-refractivity contribution is 6.31. The SMILES string of the molecule is Cc1ccc(-c2noc(CCN(Cc3ccco3)C[C@H](O)Cc3ccccc3)n2)cc1Cl. The van der Waals surface area contributed by atoms with Crippen LogP contribution in [0.3, 0.4) is 0 Å². The van der Waals surface area contributed by atoms with Crippen LogP contribution in [0, 0.1) is 6.92 Å². The lowest BCUT2D eigenvalue weighted by molar-refractivity contribution is 0.104. The molecule has 0 unspecified atom stereocenters. The van der Waals surface area contributed by atoms with Crippen molar-refractivity contribution in [1.82, 2.24) is 15.0 Å². The second-order valence-electron chi connectivity index (χ2n) is 7.88. The molecule has 0 aliphatic carbocycles. The Hall–Kier alpha value is -2.93. The van der Waals surface area contributed by atoms with Gasteiger partial charge in [-0.2, -0.15) is 4.98 Å². The lowest BCUT2D eigenvalue weighted by atomic mass is 10.1. The molecule has 0 aliphatic heterocycles. The average molecular weight is 452 g/mol. The summed E-state index contributed by atoms with van der Waals surface area (Å²) >= 11 is 6.22. The number of aryl methyl sites for hydroxylation is 1. The molecule has 0 bridgehead atoms. The van der Waals surface area contributed by atoms with Crippen LogP contribution < -0.4 is 0 Å². The van der Waals surface area contributed by atoms with Gasteiger partial charge in [0.15, 0.2) is 0 Å². The van der Waals surface area contributed by atoms with Gasteiger partial charge in [-0.05, 0) is 42.7 Å². The fourth-order valence-corrected chi connectivity index (χ4v) is 3.75. The Morgan fingerprint density at radius 1 is 1.09 bits per heavy atom. The van der Waals surface area contributed by atoms with Crippen LogP contribution in [-0.2, 0) is 19.4 Å². The van der Waals surface area contributed by atoms with Crippen molar-refractivity contribution in [2.45, 2.75) is 32.4 Å². The van der Waals surface area contributed by atoms with E-state index in [0.717, 1.165) is 22.5 Å². The Morgan fingerprint density at radius 3 is 2.69 bits per heavy atom. The molecule has 2 heterocycles. The van der Waals surface area contributed by atoms with Crippen molar-refractivity contribution in [3.8, 4) is 11.4 Å². The van der Waals surface area contributed by atoms with Gasteiger partial charge in [0.2, 0.25) is 11.7 Å². The van der Waals surface area contributed by atoms with Gasteiger partial charge in [0.1, 0.15) is 5.76 Å². The number of nitrogens with zero attached hydrogens (tertiary/aromatic N) is 3. The van der Waals surface area contributed by atoms with E-state index in [2.05, 4.69) is 15.0 Å². The summed E-state index contributed by atoms with van der Waals surface area (Å²) < 4.78 is 11.0. The number of rotatable bonds is 10. The van der Waals surface area contributed by atoms with Crippen molar-refractivity contribution in [3.63, 3.8) is 0 Å². The molecule has 1 N–H and O–H groups in total. The summed E-state index contributed by atoms with van der Waals surface area (Å²) in [5.41, 5.74) is 2.93. The maximum atomic E-state index is 10.7. The molecular formula is C25H26ClN3O3. The highest BCUT2D eigenvalue weighted by Gasteiger charge is 2.17. The van der Waals surface area contributed by atoms with Crippen molar-refractivity contribution in [2.24, 2.45) is 0 Å². The van der Waals surface area contributed by atoms with Crippen molar-refractivity contribution in [1.29, 1.82) is 0 Å². The molecule has 0 amide bonds. The first kappa shape index (κ1) is 22.3. The summed E-state index contributed by atoms with van der Waals surface area (Å²) in [5.74, 6) is 1.90. The minimum Gasteiger partial charge on any atom is -0.468 e. The van der Waals surface area contributed by atoms with E-state index >= 15 is 0 Å². The third-order valence-corrected chi connectivity index (χ3v) is 5.69. The number of halogens is 1. The van der Waals surface area contributed by atoms with Gasteiger partial charge in [0.25, 0.3) is 0 Å². The van der Waals surface area contributed by atoms with Gasteiger partial charge >= 0.3 is 0 Å². The van der Waals surface area contributed by atoms with E-state index in [1.807, 2.05) is 67.6 Å². The van der Waals surface area contributed by atoms with Crippen molar-refractivity contribution >= 4 is 11.6 Å². The molecule has 32 heavy (non-hydrogen) atoms. The Morgan fingerprint density at radius 2 is 1.94 bits per heavy atom. The summed E-state index contributed by atoms with van der Waals surface area (Å²) in [6, 6.07) is 19.5. The number of furan rings is 1. The van der Waals surface area contributed by atoms with E-state index in [-0.39, 0.29) is 0 Å². The predicted molar refractivity (Wildman–Crippen MR) is 123 cm³/mol. The number of hydrogen-bond donors (Lipinski definition) is 1. The maximum absolute atomic E-state index is 10.7. The summed E-state index contributed by atoms with van der Waals surface area (Å²) in [7, 11) is 0. The van der Waals surface area contributed by atoms with E-state index in [9.17, 15) is 5.11 Å². The van der Waals surface area contributed by atoms with E-state index in [4.69, 9.17) is 20.5 Å². The van der Waals surface area contributed by atoms with Gasteiger partial charge in [-0.1, -0.05) is 59.2 Å². The molecule has 7 heteroatoms. The summed E-state index contributed by atoms with van der Waals surface area (Å²) in [4.78, 5) is 6.66. The molecule has 2 aromatic heterocycles. The van der Waals surface area contributed by atoms with Gasteiger partial charge in [-0.3, -0.25) is 4.90 Å². The summed E-state index contributed by atoms with van der Waals surface area (Å²) in [6.07, 6.45) is 2.31. The van der Waals surface area contributed by atoms with E-state index in [0.29, 0.717) is 49.2 Å². The van der Waals surface area contributed by atoms with Crippen LogP contribution in [0.2, 0.25) is 5.02 Å². The zero-order chi connectivity index (χ0) is 22.3. The van der Waals surface area contributed by atoms with Crippen LogP contribution in [0.4, 0.5) is 0 Å². The second kappa shape index (κ2) is 10.6. The monoisotopic (exact) mass is 451 g/mol. The first-order valence-corrected chi connectivity index (χ1v) is 11.0. The van der Waals surface area contributed by atoms with Crippen molar-refractivity contribution in [2.75, 3.05) is 13.1 Å². The molecule has 0 spiro atoms. The number of aromatic nitrogens is 2. The standard InChI is InChI=1S/C25H26ClN3O3/c1-18-9-10-20(15-23(18)26)25-27-24(32-28-25)11-12-29(17-22-8-5-13-31-22)16-21(30)14-19-6-3-2-4-7-19/h2-10,13,15,21,30H,11-12,14,16-17H2,1H3/t21-/m1/s1. The third-order valence-electron chi connectivity index (χ3n) is 5.28. The molecule has 4 rings (SSSR count). The first-order chi connectivity index (χ1) is 15.6. The first-order valence-electron chi connectivity index (χ1n) is 10.6. The fraction of sp³-hybridized carbons (Fsp3) is 0.280. The van der Waals surface area contributed by atoms with Gasteiger partial charge in [-0.15, -0.1) is 0 Å². The van der Waals surface area contributed by atoms with Crippen LogP contribution in [-0.4, -0.2) is 39.3 Å². The number of hydrogen-bond acceptors (Lipinski definition) is 6. The molecule has 2 aromatic carbocycles. The van der Waals surface area contributed by atoms with Gasteiger partial charge in [-0.25, -0.2) is 0 Å². The third kappa shape index (κ3) is 6.07. The van der Waals surface area contributed by atoms with E-state index < -0.39 is 6.10 Å². The minimum atomic E-state index is -0.500. The molecule has 0 saturated carbocycles. The Kier molecular flexibility index (Phi) is 7.37. The van der Waals surface area contributed by atoms with Crippen LogP contribution in [0.5, 0.6) is 0 Å². The molecular weight excluding hydrogens is 426 g/mol. The lowest BCUT2D eigenvalue weighted by Crippen LogP contribution is -2.34. The summed E-state index contributed by atoms with van der Waals surface area (Å²) in [5, 5.41) is 15.4. The maximum Gasteiger partial charge on any atom is 0.228 e. The molecule has 0 fully saturated rings. The molecule has 1 atom stereocenters. The molecule has 6 nitrogen and oxygen atoms in total. The Labute approximate surface area is 192 Å². The van der Waals surface area contributed by atoms with Crippen LogP contribution >= 0.6 is 11.6 Å². The van der Waals surface area contributed by atoms with E-state index in [1.54, 1.807) is 6.26 Å². The largest absolute Gasteiger partial charge is 0.468 e. The Balaban J connectivity index is 1.39. The highest BCUT2D eigenvalue weighted by Crippen LogP contribution is 2.23. The zero-order valence-electron chi connectivity index (χ0n) is 17.9. The smallest absolute Gasteiger partial charge is 0.228 e. The quantitative estimate of drug-likeness (QED) is 0.368. The minimum absolute atomic E-state index is 0.500. The molecule has 0 saturated heterocycles. The number of aliphatic hydroxyl groups excluding tert-OH is 1. The van der Waals surface area contributed by atoms with Gasteiger partial charge in [0.05, 0.1) is 18.9 Å². The zero-order valence-corrected chi connectivity index (χ0v) is 18.7. The topological polar surface area (TPSA) is 75.5 Å². The highest BCUT2D eigenvalue weighted by atomic mass is 35.5. The van der Waals surface area contributed by atoms with Crippen molar-refractivity contribution in [3.05, 3.63) is 94.7 Å². The molecule has 4 aromatic rings. The summed E-state index contributed by atoms with van der Waals surface area (Å²) in [6.45, 7) is 3.69. The Bertz CT molecular complexity index is 1110. The normalized spacial score (nSPS) is 12.4. The van der Waals surface area contributed by atoms with Crippen LogP contribution in [0.1, 0.15) is 22.8 Å². The fourth-order valence-electron chi connectivity index (χ4n) is 3.57. The number of aliphatic hydroxyl groups is 1. The lowest BCUT2D eigenvalue weighted by Gasteiger charge is -2.23. The average Bonchev–Trinajstić information content (AvgIpc) is 3.47. The van der Waals surface area contributed by atoms with Crippen LogP contribution in [0.25, 0.3) is 11.4 Å². The van der Waals surface area contributed by atoms with E-state index in [1.165, 1.54) is 0 Å².